The van der Waals surface area contributed by atoms with Gasteiger partial charge in [0, 0.05) is 22.5 Å². The van der Waals surface area contributed by atoms with E-state index in [1.165, 1.54) is 5.56 Å². The molecule has 3 nitrogen and oxygen atoms in total. The van der Waals surface area contributed by atoms with Gasteiger partial charge in [0.05, 0.1) is 13.2 Å². The van der Waals surface area contributed by atoms with Gasteiger partial charge in [0.2, 0.25) is 0 Å². The molecular formula is C14H18BrNO2. The Balaban J connectivity index is 2.25. The predicted octanol–water partition coefficient (Wildman–Crippen LogP) is 3.29. The summed E-state index contributed by atoms with van der Waals surface area (Å²) in [6, 6.07) is 2.06. The van der Waals surface area contributed by atoms with Crippen molar-refractivity contribution in [3.8, 4) is 11.5 Å². The summed E-state index contributed by atoms with van der Waals surface area (Å²) in [5.41, 5.74) is 8.80. The van der Waals surface area contributed by atoms with Gasteiger partial charge in [-0.3, -0.25) is 0 Å². The maximum atomic E-state index is 6.31. The topological polar surface area (TPSA) is 44.5 Å². The van der Waals surface area contributed by atoms with E-state index in [0.29, 0.717) is 13.2 Å². The van der Waals surface area contributed by atoms with Gasteiger partial charge >= 0.3 is 0 Å². The zero-order valence-corrected chi connectivity index (χ0v) is 12.3. The standard InChI is InChI=1S/C14H18BrNO2/c1-14(2)7-9(16)11-12(14)8(15)6-10-13(11)18-5-3-4-17-10/h6,9H,3-5,7,16H2,1-2H3/t9-/m0/s1. The molecule has 4 heteroatoms. The largest absolute Gasteiger partial charge is 0.490 e. The number of nitrogens with two attached hydrogens (primary N) is 1. The molecule has 0 radical (unpaired) electrons. The first-order chi connectivity index (χ1) is 8.50. The van der Waals surface area contributed by atoms with Gasteiger partial charge in [0.25, 0.3) is 0 Å². The molecule has 1 aromatic rings. The van der Waals surface area contributed by atoms with Crippen LogP contribution < -0.4 is 15.2 Å². The minimum Gasteiger partial charge on any atom is -0.490 e. The lowest BCUT2D eigenvalue weighted by molar-refractivity contribution is 0.295. The van der Waals surface area contributed by atoms with E-state index in [9.17, 15) is 0 Å². The van der Waals surface area contributed by atoms with Gasteiger partial charge < -0.3 is 15.2 Å². The Labute approximate surface area is 116 Å². The molecule has 1 aliphatic heterocycles. The highest BCUT2D eigenvalue weighted by Crippen LogP contribution is 2.53. The molecule has 1 aromatic carbocycles. The Hall–Kier alpha value is -0.740. The second-order valence-corrected chi connectivity index (χ2v) is 6.57. The summed E-state index contributed by atoms with van der Waals surface area (Å²) in [4.78, 5) is 0. The van der Waals surface area contributed by atoms with Crippen molar-refractivity contribution in [2.75, 3.05) is 13.2 Å². The third kappa shape index (κ3) is 1.74. The van der Waals surface area contributed by atoms with Crippen molar-refractivity contribution in [2.45, 2.75) is 38.1 Å². The molecule has 3 rings (SSSR count). The van der Waals surface area contributed by atoms with Crippen molar-refractivity contribution < 1.29 is 9.47 Å². The van der Waals surface area contributed by atoms with Crippen molar-refractivity contribution in [1.29, 1.82) is 0 Å². The highest BCUT2D eigenvalue weighted by Gasteiger charge is 2.40. The molecule has 1 aliphatic carbocycles. The number of halogens is 1. The lowest BCUT2D eigenvalue weighted by atomic mass is 9.86. The van der Waals surface area contributed by atoms with E-state index in [-0.39, 0.29) is 11.5 Å². The molecule has 2 N–H and O–H groups in total. The van der Waals surface area contributed by atoms with Crippen molar-refractivity contribution in [1.82, 2.24) is 0 Å². The number of hydrogen-bond acceptors (Lipinski definition) is 3. The second kappa shape index (κ2) is 4.14. The van der Waals surface area contributed by atoms with Crippen LogP contribution in [0.25, 0.3) is 0 Å². The first-order valence-electron chi connectivity index (χ1n) is 6.39. The monoisotopic (exact) mass is 311 g/mol. The summed E-state index contributed by atoms with van der Waals surface area (Å²) < 4.78 is 12.7. The van der Waals surface area contributed by atoms with Crippen LogP contribution in [0.2, 0.25) is 0 Å². The van der Waals surface area contributed by atoms with Gasteiger partial charge in [0.1, 0.15) is 0 Å². The minimum atomic E-state index is 0.0305. The van der Waals surface area contributed by atoms with Crippen LogP contribution >= 0.6 is 15.9 Å². The first kappa shape index (κ1) is 12.3. The molecule has 1 atom stereocenters. The Morgan fingerprint density at radius 3 is 2.83 bits per heavy atom. The van der Waals surface area contributed by atoms with Crippen molar-refractivity contribution in [3.63, 3.8) is 0 Å². The fourth-order valence-electron chi connectivity index (χ4n) is 3.09. The number of hydrogen-bond donors (Lipinski definition) is 1. The summed E-state index contributed by atoms with van der Waals surface area (Å²) >= 11 is 3.66. The summed E-state index contributed by atoms with van der Waals surface area (Å²) in [6.07, 6.45) is 1.86. The molecule has 0 saturated heterocycles. The molecule has 98 valence electrons. The normalized spacial score (nSPS) is 24.6. The van der Waals surface area contributed by atoms with Gasteiger partial charge in [-0.05, 0) is 23.5 Å². The molecule has 1 heterocycles. The van der Waals surface area contributed by atoms with Gasteiger partial charge in [-0.25, -0.2) is 0 Å². The van der Waals surface area contributed by atoms with E-state index in [0.717, 1.165) is 34.4 Å². The van der Waals surface area contributed by atoms with E-state index < -0.39 is 0 Å². The minimum absolute atomic E-state index is 0.0305. The number of benzene rings is 1. The third-order valence-corrected chi connectivity index (χ3v) is 4.43. The Bertz CT molecular complexity index is 499. The Morgan fingerprint density at radius 1 is 1.33 bits per heavy atom. The zero-order chi connectivity index (χ0) is 12.9. The van der Waals surface area contributed by atoms with Crippen LogP contribution in [0.4, 0.5) is 0 Å². The highest BCUT2D eigenvalue weighted by atomic mass is 79.9. The van der Waals surface area contributed by atoms with E-state index in [1.54, 1.807) is 0 Å². The lowest BCUT2D eigenvalue weighted by Crippen LogP contribution is -2.14. The Kier molecular flexibility index (Phi) is 2.83. The molecular weight excluding hydrogens is 294 g/mol. The molecule has 0 saturated carbocycles. The summed E-state index contributed by atoms with van der Waals surface area (Å²) in [7, 11) is 0. The van der Waals surface area contributed by atoms with E-state index in [1.807, 2.05) is 6.07 Å². The number of rotatable bonds is 0. The predicted molar refractivity (Wildman–Crippen MR) is 74.3 cm³/mol. The van der Waals surface area contributed by atoms with Crippen LogP contribution in [0, 0.1) is 0 Å². The number of ether oxygens (including phenoxy) is 2. The van der Waals surface area contributed by atoms with Gasteiger partial charge in [-0.2, -0.15) is 0 Å². The van der Waals surface area contributed by atoms with Gasteiger partial charge in [-0.15, -0.1) is 0 Å². The summed E-state index contributed by atoms with van der Waals surface area (Å²) in [5, 5.41) is 0. The van der Waals surface area contributed by atoms with Gasteiger partial charge in [0.15, 0.2) is 11.5 Å². The zero-order valence-electron chi connectivity index (χ0n) is 10.8. The fourth-order valence-corrected chi connectivity index (χ4v) is 4.05. The Morgan fingerprint density at radius 2 is 2.06 bits per heavy atom. The van der Waals surface area contributed by atoms with Gasteiger partial charge in [-0.1, -0.05) is 29.8 Å². The van der Waals surface area contributed by atoms with Crippen LogP contribution in [-0.4, -0.2) is 13.2 Å². The van der Waals surface area contributed by atoms with Crippen LogP contribution in [0.3, 0.4) is 0 Å². The smallest absolute Gasteiger partial charge is 0.166 e. The summed E-state index contributed by atoms with van der Waals surface area (Å²) in [5.74, 6) is 1.69. The quantitative estimate of drug-likeness (QED) is 0.799. The average molecular weight is 312 g/mol. The van der Waals surface area contributed by atoms with E-state index in [2.05, 4.69) is 29.8 Å². The highest BCUT2D eigenvalue weighted by molar-refractivity contribution is 9.10. The summed E-state index contributed by atoms with van der Waals surface area (Å²) in [6.45, 7) is 5.87. The molecule has 0 aromatic heterocycles. The molecule has 2 aliphatic rings. The molecule has 0 unspecified atom stereocenters. The van der Waals surface area contributed by atoms with Crippen LogP contribution in [-0.2, 0) is 5.41 Å². The van der Waals surface area contributed by atoms with E-state index >= 15 is 0 Å². The maximum absolute atomic E-state index is 6.31. The molecule has 0 spiro atoms. The molecule has 0 bridgehead atoms. The van der Waals surface area contributed by atoms with Crippen molar-refractivity contribution in [3.05, 3.63) is 21.7 Å². The second-order valence-electron chi connectivity index (χ2n) is 5.72. The van der Waals surface area contributed by atoms with E-state index in [4.69, 9.17) is 15.2 Å². The number of fused-ring (bicyclic) bond motifs is 3. The molecule has 18 heavy (non-hydrogen) atoms. The fraction of sp³-hybridized carbons (Fsp3) is 0.571. The molecule has 0 amide bonds. The van der Waals surface area contributed by atoms with Crippen molar-refractivity contribution >= 4 is 15.9 Å². The van der Waals surface area contributed by atoms with Crippen molar-refractivity contribution in [2.24, 2.45) is 5.73 Å². The SMILES string of the molecule is CC1(C)C[C@H](N)c2c3c(cc(Br)c21)OCCCO3. The maximum Gasteiger partial charge on any atom is 0.166 e. The van der Waals surface area contributed by atoms with Crippen LogP contribution in [0.1, 0.15) is 43.9 Å². The lowest BCUT2D eigenvalue weighted by Gasteiger charge is -2.21. The average Bonchev–Trinajstić information content (AvgIpc) is 2.46. The first-order valence-corrected chi connectivity index (χ1v) is 7.18. The van der Waals surface area contributed by atoms with Crippen LogP contribution in [0.15, 0.2) is 10.5 Å². The third-order valence-electron chi connectivity index (χ3n) is 3.80. The molecule has 0 fully saturated rings. The van der Waals surface area contributed by atoms with Crippen LogP contribution in [0.5, 0.6) is 11.5 Å².